The van der Waals surface area contributed by atoms with Crippen molar-refractivity contribution >= 4 is 22.3 Å². The first-order chi connectivity index (χ1) is 14.2. The highest BCUT2D eigenvalue weighted by atomic mass is 28.4. The molecule has 0 atom stereocenters. The molecule has 3 nitrogen and oxygen atoms in total. The van der Waals surface area contributed by atoms with E-state index in [-0.39, 0.29) is 30.2 Å². The zero-order valence-corrected chi connectivity index (χ0v) is 27.6. The van der Waals surface area contributed by atoms with E-state index in [1.807, 2.05) is 12.4 Å². The summed E-state index contributed by atoms with van der Waals surface area (Å²) in [6, 6.07) is 0. The molecule has 1 rings (SSSR count). The fourth-order valence-corrected chi connectivity index (χ4v) is 36.3. The maximum atomic E-state index is 5.12. The van der Waals surface area contributed by atoms with Crippen molar-refractivity contribution in [2.45, 2.75) is 155 Å². The Hall–Kier alpha value is -0.686. The summed E-state index contributed by atoms with van der Waals surface area (Å²) >= 11 is 0. The van der Waals surface area contributed by atoms with Gasteiger partial charge in [0.1, 0.15) is 5.82 Å². The van der Waals surface area contributed by atoms with Crippen molar-refractivity contribution in [3.63, 3.8) is 0 Å². The molecule has 0 fully saturated rings. The number of rotatable bonds is 3. The number of aromatic nitrogens is 2. The first-order valence-electron chi connectivity index (χ1n) is 12.8. The van der Waals surface area contributed by atoms with Gasteiger partial charge in [0.15, 0.2) is 16.5 Å². The highest BCUT2D eigenvalue weighted by Crippen LogP contribution is 2.72. The molecule has 0 bridgehead atoms. The zero-order valence-electron chi connectivity index (χ0n) is 25.6. The van der Waals surface area contributed by atoms with Crippen LogP contribution in [0.2, 0.25) is 30.2 Å². The predicted molar refractivity (Wildman–Crippen MR) is 154 cm³/mol. The molecule has 0 aliphatic carbocycles. The lowest BCUT2D eigenvalue weighted by Crippen LogP contribution is -2.83. The second kappa shape index (κ2) is 8.46. The number of hydrogen-bond donors (Lipinski definition) is 0. The third-order valence-corrected chi connectivity index (χ3v) is 24.8. The molecule has 0 saturated heterocycles. The quantitative estimate of drug-likeness (QED) is 0.394. The first-order valence-corrected chi connectivity index (χ1v) is 16.7. The van der Waals surface area contributed by atoms with Crippen LogP contribution in [0, 0.1) is 0 Å². The highest BCUT2D eigenvalue weighted by Gasteiger charge is 2.74. The van der Waals surface area contributed by atoms with Crippen LogP contribution in [0.3, 0.4) is 0 Å². The standard InChI is InChI=1S/C28H57N3Si2/c1-23(2,3)32(24(4,5)6,25(7,8)9)31(22-21-29-19-20-30-22)33(26(10,11)12,27(13,14)15)28(16,17)18/h19-21H,1-18H3. The van der Waals surface area contributed by atoms with Crippen molar-refractivity contribution in [2.75, 3.05) is 4.23 Å². The van der Waals surface area contributed by atoms with Crippen LogP contribution in [0.25, 0.3) is 0 Å². The Bertz CT molecular complexity index is 668. The second-order valence-electron chi connectivity index (χ2n) is 16.3. The van der Waals surface area contributed by atoms with Crippen molar-refractivity contribution in [1.82, 2.24) is 9.97 Å². The van der Waals surface area contributed by atoms with Crippen molar-refractivity contribution in [3.05, 3.63) is 18.6 Å². The minimum atomic E-state index is -2.44. The lowest BCUT2D eigenvalue weighted by Gasteiger charge is -2.75. The van der Waals surface area contributed by atoms with Gasteiger partial charge in [-0.15, -0.1) is 0 Å². The molecule has 0 aliphatic rings. The zero-order chi connectivity index (χ0) is 26.7. The molecule has 192 valence electrons. The number of anilines is 1. The fourth-order valence-electron chi connectivity index (χ4n) is 9.76. The molecule has 1 heterocycles. The summed E-state index contributed by atoms with van der Waals surface area (Å²) in [6.07, 6.45) is 5.79. The van der Waals surface area contributed by atoms with Gasteiger partial charge in [-0.1, -0.05) is 125 Å². The van der Waals surface area contributed by atoms with Gasteiger partial charge in [0.05, 0.1) is 6.20 Å². The van der Waals surface area contributed by atoms with E-state index in [4.69, 9.17) is 4.98 Å². The molecule has 33 heavy (non-hydrogen) atoms. The van der Waals surface area contributed by atoms with Gasteiger partial charge < -0.3 is 4.23 Å². The van der Waals surface area contributed by atoms with E-state index in [0.717, 1.165) is 5.82 Å². The van der Waals surface area contributed by atoms with Crippen molar-refractivity contribution in [2.24, 2.45) is 0 Å². The Morgan fingerprint density at radius 3 is 0.939 bits per heavy atom. The van der Waals surface area contributed by atoms with E-state index in [9.17, 15) is 0 Å². The van der Waals surface area contributed by atoms with Gasteiger partial charge >= 0.3 is 0 Å². The second-order valence-corrected chi connectivity index (χ2v) is 29.5. The van der Waals surface area contributed by atoms with E-state index < -0.39 is 16.5 Å². The summed E-state index contributed by atoms with van der Waals surface area (Å²) in [7, 11) is -4.89. The summed E-state index contributed by atoms with van der Waals surface area (Å²) in [4.78, 5) is 9.79. The molecular weight excluding hydrogens is 435 g/mol. The van der Waals surface area contributed by atoms with Crippen LogP contribution in [0.5, 0.6) is 0 Å². The number of hydrogen-bond acceptors (Lipinski definition) is 3. The highest BCUT2D eigenvalue weighted by molar-refractivity contribution is 7.08. The van der Waals surface area contributed by atoms with Crippen LogP contribution >= 0.6 is 0 Å². The lowest BCUT2D eigenvalue weighted by atomic mass is 10.2. The van der Waals surface area contributed by atoms with Crippen LogP contribution in [-0.4, -0.2) is 26.4 Å². The lowest BCUT2D eigenvalue weighted by molar-refractivity contribution is 0.496. The summed E-state index contributed by atoms with van der Waals surface area (Å²) < 4.78 is 3.06. The van der Waals surface area contributed by atoms with Crippen molar-refractivity contribution < 1.29 is 0 Å². The maximum Gasteiger partial charge on any atom is 0.165 e. The third kappa shape index (κ3) is 4.50. The summed E-state index contributed by atoms with van der Waals surface area (Å²) in [5, 5.41) is 0.589. The smallest absolute Gasteiger partial charge is 0.165 e. The van der Waals surface area contributed by atoms with Crippen LogP contribution in [0.1, 0.15) is 125 Å². The van der Waals surface area contributed by atoms with Crippen LogP contribution < -0.4 is 4.23 Å². The van der Waals surface area contributed by atoms with E-state index >= 15 is 0 Å². The number of nitrogens with zero attached hydrogens (tertiary/aromatic N) is 3. The summed E-state index contributed by atoms with van der Waals surface area (Å²) in [6.45, 7) is 45.1. The fraction of sp³-hybridized carbons (Fsp3) is 0.857. The molecule has 0 saturated carbocycles. The summed E-state index contributed by atoms with van der Waals surface area (Å²) in [5.74, 6) is 1.09. The maximum absolute atomic E-state index is 5.12. The summed E-state index contributed by atoms with van der Waals surface area (Å²) in [5.41, 5.74) is 0. The van der Waals surface area contributed by atoms with E-state index in [1.165, 1.54) is 0 Å². The Balaban J connectivity index is 4.71. The molecule has 1 aromatic heterocycles. The van der Waals surface area contributed by atoms with Crippen LogP contribution in [-0.2, 0) is 0 Å². The molecule has 1 aromatic rings. The Kier molecular flexibility index (Phi) is 7.78. The van der Waals surface area contributed by atoms with Gasteiger partial charge in [0, 0.05) is 12.4 Å². The van der Waals surface area contributed by atoms with Crippen molar-refractivity contribution in [1.29, 1.82) is 0 Å². The molecule has 0 N–H and O–H groups in total. The molecule has 0 radical (unpaired) electrons. The Morgan fingerprint density at radius 1 is 0.485 bits per heavy atom. The normalized spacial score (nSPS) is 15.6. The average Bonchev–Trinajstić information content (AvgIpc) is 2.47. The third-order valence-electron chi connectivity index (χ3n) is 7.96. The molecular formula is C28H57N3Si2. The predicted octanol–water partition coefficient (Wildman–Crippen LogP) is 9.97. The SMILES string of the molecule is CC(C)(C)[Si](N(c1cnccn1)[Si](C(C)(C)C)(C(C)(C)C)C(C)(C)C)(C(C)(C)C)C(C)(C)C. The first kappa shape index (κ1) is 30.3. The minimum Gasteiger partial charge on any atom is -0.405 e. The van der Waals surface area contributed by atoms with Crippen molar-refractivity contribution in [3.8, 4) is 0 Å². The largest absolute Gasteiger partial charge is 0.405 e. The topological polar surface area (TPSA) is 29.0 Å². The average molecular weight is 492 g/mol. The van der Waals surface area contributed by atoms with Gasteiger partial charge in [-0.25, -0.2) is 4.98 Å². The van der Waals surface area contributed by atoms with Gasteiger partial charge in [-0.2, -0.15) is 0 Å². The van der Waals surface area contributed by atoms with Crippen LogP contribution in [0.4, 0.5) is 5.82 Å². The Labute approximate surface area is 209 Å². The molecule has 0 amide bonds. The monoisotopic (exact) mass is 491 g/mol. The van der Waals surface area contributed by atoms with E-state index in [1.54, 1.807) is 0 Å². The molecule has 0 aromatic carbocycles. The van der Waals surface area contributed by atoms with Gasteiger partial charge in [0.2, 0.25) is 0 Å². The minimum absolute atomic E-state index is 0.0982. The van der Waals surface area contributed by atoms with Gasteiger partial charge in [0.25, 0.3) is 0 Å². The molecule has 0 unspecified atom stereocenters. The van der Waals surface area contributed by atoms with E-state index in [0.29, 0.717) is 0 Å². The van der Waals surface area contributed by atoms with Gasteiger partial charge in [-0.3, -0.25) is 4.98 Å². The van der Waals surface area contributed by atoms with E-state index in [2.05, 4.69) is 140 Å². The van der Waals surface area contributed by atoms with Crippen LogP contribution in [0.15, 0.2) is 18.6 Å². The molecule has 0 spiro atoms. The van der Waals surface area contributed by atoms with Gasteiger partial charge in [-0.05, 0) is 30.2 Å². The Morgan fingerprint density at radius 2 is 0.758 bits per heavy atom. The molecule has 0 aliphatic heterocycles. The molecule has 5 heteroatoms.